The fraction of sp³-hybridized carbons (Fsp3) is 0.375. The number of halogens is 1. The third-order valence-corrected chi connectivity index (χ3v) is 6.50. The molecule has 0 bridgehead atoms. The van der Waals surface area contributed by atoms with Gasteiger partial charge in [0.05, 0.1) is 18.0 Å². The molecule has 5 heteroatoms. The maximum Gasteiger partial charge on any atom is 0.190 e. The van der Waals surface area contributed by atoms with Crippen LogP contribution in [0.2, 0.25) is 0 Å². The van der Waals surface area contributed by atoms with Crippen LogP contribution in [0.15, 0.2) is 58.9 Å². The standard InChI is InChI=1S/C24H28N2OS.BrH/c1-3-27-22-15-13-21(14-16-22)25-24-26(2)23(17-28-24)20-11-9-19(10-12-20)18-7-5-4-6-8-18;/h9-18H,3-8H2,1-2H3;1H. The molecule has 1 aliphatic rings. The predicted octanol–water partition coefficient (Wildman–Crippen LogP) is 7.01. The highest BCUT2D eigenvalue weighted by atomic mass is 79.9. The first-order valence-corrected chi connectivity index (χ1v) is 11.1. The van der Waals surface area contributed by atoms with E-state index in [0.29, 0.717) is 6.61 Å². The average Bonchev–Trinajstić information content (AvgIpc) is 3.11. The van der Waals surface area contributed by atoms with Crippen molar-refractivity contribution >= 4 is 34.0 Å². The summed E-state index contributed by atoms with van der Waals surface area (Å²) in [5, 5.41) is 2.20. The molecule has 0 atom stereocenters. The van der Waals surface area contributed by atoms with E-state index < -0.39 is 0 Å². The molecule has 29 heavy (non-hydrogen) atoms. The SMILES string of the molecule is Br.CCOc1ccc(N=c2scc(-c3ccc(C4CCCCC4)cc3)n2C)cc1. The van der Waals surface area contributed by atoms with Crippen LogP contribution in [0.25, 0.3) is 11.3 Å². The molecule has 0 radical (unpaired) electrons. The second-order valence-electron chi connectivity index (χ2n) is 7.46. The molecule has 2 aromatic carbocycles. The zero-order valence-corrected chi connectivity index (χ0v) is 19.7. The zero-order valence-electron chi connectivity index (χ0n) is 17.1. The van der Waals surface area contributed by atoms with E-state index in [9.17, 15) is 0 Å². The molecule has 1 fully saturated rings. The first-order valence-electron chi connectivity index (χ1n) is 10.3. The van der Waals surface area contributed by atoms with Crippen molar-refractivity contribution in [2.75, 3.05) is 6.61 Å². The monoisotopic (exact) mass is 472 g/mol. The molecule has 0 saturated heterocycles. The van der Waals surface area contributed by atoms with Crippen molar-refractivity contribution < 1.29 is 4.74 Å². The van der Waals surface area contributed by atoms with Crippen LogP contribution >= 0.6 is 28.3 Å². The molecule has 3 nitrogen and oxygen atoms in total. The zero-order chi connectivity index (χ0) is 19.3. The van der Waals surface area contributed by atoms with E-state index in [4.69, 9.17) is 9.73 Å². The summed E-state index contributed by atoms with van der Waals surface area (Å²) in [4.78, 5) is 5.80. The van der Waals surface area contributed by atoms with Gasteiger partial charge in [0.25, 0.3) is 0 Å². The smallest absolute Gasteiger partial charge is 0.190 e. The second-order valence-corrected chi connectivity index (χ2v) is 8.29. The van der Waals surface area contributed by atoms with Crippen molar-refractivity contribution in [2.24, 2.45) is 12.0 Å². The lowest BCUT2D eigenvalue weighted by atomic mass is 9.84. The van der Waals surface area contributed by atoms with Crippen molar-refractivity contribution in [1.82, 2.24) is 4.57 Å². The third-order valence-electron chi connectivity index (χ3n) is 5.58. The molecule has 1 heterocycles. The Morgan fingerprint density at radius 3 is 2.34 bits per heavy atom. The quantitative estimate of drug-likeness (QED) is 0.392. The second kappa shape index (κ2) is 10.3. The van der Waals surface area contributed by atoms with E-state index in [0.717, 1.165) is 22.2 Å². The molecule has 0 N–H and O–H groups in total. The Hall–Kier alpha value is -1.85. The van der Waals surface area contributed by atoms with Crippen molar-refractivity contribution in [1.29, 1.82) is 0 Å². The van der Waals surface area contributed by atoms with Crippen molar-refractivity contribution in [3.63, 3.8) is 0 Å². The number of ether oxygens (including phenoxy) is 1. The average molecular weight is 473 g/mol. The van der Waals surface area contributed by atoms with Gasteiger partial charge in [-0.15, -0.1) is 28.3 Å². The van der Waals surface area contributed by atoms with Gasteiger partial charge in [0, 0.05) is 12.4 Å². The Morgan fingerprint density at radius 1 is 1.00 bits per heavy atom. The fourth-order valence-electron chi connectivity index (χ4n) is 3.99. The number of aromatic nitrogens is 1. The summed E-state index contributed by atoms with van der Waals surface area (Å²) in [5.41, 5.74) is 4.91. The molecule has 3 aromatic rings. The summed E-state index contributed by atoms with van der Waals surface area (Å²) in [6, 6.07) is 17.1. The maximum absolute atomic E-state index is 5.51. The first kappa shape index (κ1) is 21.8. The van der Waals surface area contributed by atoms with E-state index in [-0.39, 0.29) is 17.0 Å². The Kier molecular flexibility index (Phi) is 7.73. The summed E-state index contributed by atoms with van der Waals surface area (Å²) in [7, 11) is 2.09. The van der Waals surface area contributed by atoms with E-state index in [1.165, 1.54) is 48.9 Å². The molecule has 0 aliphatic heterocycles. The van der Waals surface area contributed by atoms with Crippen LogP contribution in [-0.2, 0) is 7.05 Å². The van der Waals surface area contributed by atoms with E-state index in [2.05, 4.69) is 41.3 Å². The Balaban J connectivity index is 0.00000240. The van der Waals surface area contributed by atoms with Crippen LogP contribution in [0, 0.1) is 0 Å². The van der Waals surface area contributed by atoms with Gasteiger partial charge < -0.3 is 9.30 Å². The highest BCUT2D eigenvalue weighted by molar-refractivity contribution is 8.93. The lowest BCUT2D eigenvalue weighted by Crippen LogP contribution is -2.11. The van der Waals surface area contributed by atoms with E-state index in [1.807, 2.05) is 31.2 Å². The molecule has 0 spiro atoms. The molecule has 1 saturated carbocycles. The van der Waals surface area contributed by atoms with Gasteiger partial charge in [-0.05, 0) is 61.1 Å². The predicted molar refractivity (Wildman–Crippen MR) is 128 cm³/mol. The van der Waals surface area contributed by atoms with Crippen LogP contribution in [0.3, 0.4) is 0 Å². The number of rotatable bonds is 5. The number of hydrogen-bond acceptors (Lipinski definition) is 3. The molecule has 0 unspecified atom stereocenters. The topological polar surface area (TPSA) is 26.5 Å². The lowest BCUT2D eigenvalue weighted by Gasteiger charge is -2.22. The molecule has 4 rings (SSSR count). The first-order chi connectivity index (χ1) is 13.7. The maximum atomic E-state index is 5.51. The molecule has 0 amide bonds. The van der Waals surface area contributed by atoms with Gasteiger partial charge in [0.2, 0.25) is 0 Å². The van der Waals surface area contributed by atoms with Crippen molar-refractivity contribution in [3.8, 4) is 17.0 Å². The Bertz CT molecular complexity index is 967. The van der Waals surface area contributed by atoms with E-state index in [1.54, 1.807) is 11.3 Å². The van der Waals surface area contributed by atoms with Crippen LogP contribution < -0.4 is 9.54 Å². The Morgan fingerprint density at radius 2 is 1.69 bits per heavy atom. The van der Waals surface area contributed by atoms with Crippen LogP contribution in [-0.4, -0.2) is 11.2 Å². The summed E-state index contributed by atoms with van der Waals surface area (Å²) in [5.74, 6) is 1.64. The minimum atomic E-state index is 0. The molecule has 1 aliphatic carbocycles. The molecule has 154 valence electrons. The Labute approximate surface area is 187 Å². The van der Waals surface area contributed by atoms with Crippen LogP contribution in [0.5, 0.6) is 5.75 Å². The van der Waals surface area contributed by atoms with Crippen molar-refractivity contribution in [2.45, 2.75) is 44.9 Å². The minimum Gasteiger partial charge on any atom is -0.494 e. The minimum absolute atomic E-state index is 0. The summed E-state index contributed by atoms with van der Waals surface area (Å²) >= 11 is 1.68. The largest absolute Gasteiger partial charge is 0.494 e. The molecular formula is C24H29BrN2OS. The highest BCUT2D eigenvalue weighted by Crippen LogP contribution is 2.33. The number of hydrogen-bond donors (Lipinski definition) is 0. The van der Waals surface area contributed by atoms with Gasteiger partial charge in [-0.25, -0.2) is 4.99 Å². The number of thiazole rings is 1. The third kappa shape index (κ3) is 5.20. The van der Waals surface area contributed by atoms with Crippen LogP contribution in [0.4, 0.5) is 5.69 Å². The van der Waals surface area contributed by atoms with Gasteiger partial charge in [-0.2, -0.15) is 0 Å². The van der Waals surface area contributed by atoms with Gasteiger partial charge in [0.1, 0.15) is 5.75 Å². The number of benzene rings is 2. The van der Waals surface area contributed by atoms with Crippen LogP contribution in [0.1, 0.15) is 50.5 Å². The van der Waals surface area contributed by atoms with Gasteiger partial charge in [-0.3, -0.25) is 0 Å². The number of nitrogens with zero attached hydrogens (tertiary/aromatic N) is 2. The summed E-state index contributed by atoms with van der Waals surface area (Å²) < 4.78 is 7.68. The van der Waals surface area contributed by atoms with E-state index >= 15 is 0 Å². The highest BCUT2D eigenvalue weighted by Gasteiger charge is 2.15. The van der Waals surface area contributed by atoms with Gasteiger partial charge >= 0.3 is 0 Å². The lowest BCUT2D eigenvalue weighted by molar-refractivity contribution is 0.340. The van der Waals surface area contributed by atoms with Gasteiger partial charge in [0.15, 0.2) is 4.80 Å². The normalized spacial score (nSPS) is 15.2. The molecule has 1 aromatic heterocycles. The molecular weight excluding hydrogens is 444 g/mol. The summed E-state index contributed by atoms with van der Waals surface area (Å²) in [6.45, 7) is 2.67. The fourth-order valence-corrected chi connectivity index (χ4v) is 4.91. The van der Waals surface area contributed by atoms with Gasteiger partial charge in [-0.1, -0.05) is 43.5 Å². The summed E-state index contributed by atoms with van der Waals surface area (Å²) in [6.07, 6.45) is 6.85. The van der Waals surface area contributed by atoms with Crippen molar-refractivity contribution in [3.05, 3.63) is 64.3 Å².